The van der Waals surface area contributed by atoms with Crippen molar-refractivity contribution >= 4 is 29.1 Å². The third-order valence-electron chi connectivity index (χ3n) is 4.46. The minimum absolute atomic E-state index is 0.0999. The average Bonchev–Trinajstić information content (AvgIpc) is 3.16. The highest BCUT2D eigenvalue weighted by atomic mass is 16.2. The van der Waals surface area contributed by atoms with E-state index in [1.165, 1.54) is 0 Å². The van der Waals surface area contributed by atoms with Crippen LogP contribution in [0.1, 0.15) is 12.8 Å². The summed E-state index contributed by atoms with van der Waals surface area (Å²) in [4.78, 5) is 32.1. The molecule has 1 saturated heterocycles. The van der Waals surface area contributed by atoms with Crippen LogP contribution in [0.2, 0.25) is 0 Å². The molecule has 1 aromatic carbocycles. The summed E-state index contributed by atoms with van der Waals surface area (Å²) in [5.41, 5.74) is 2.80. The lowest BCUT2D eigenvalue weighted by atomic mass is 10.1. The maximum absolute atomic E-state index is 12.3. The molecule has 0 aliphatic carbocycles. The number of anilines is 3. The lowest BCUT2D eigenvalue weighted by Gasteiger charge is -2.11. The molecule has 1 atom stereocenters. The summed E-state index contributed by atoms with van der Waals surface area (Å²) in [5.74, 6) is 0.812. The quantitative estimate of drug-likeness (QED) is 0.639. The predicted octanol–water partition coefficient (Wildman–Crippen LogP) is 3.10. The summed E-state index contributed by atoms with van der Waals surface area (Å²) in [5, 5.41) is 8.69. The molecule has 0 bridgehead atoms. The number of hydrogen-bond donors (Lipinski definition) is 3. The molecule has 1 fully saturated rings. The first-order valence-corrected chi connectivity index (χ1v) is 9.02. The Balaban J connectivity index is 1.50. The second-order valence-electron chi connectivity index (χ2n) is 6.50. The molecular weight excluding hydrogens is 354 g/mol. The molecule has 3 N–H and O–H groups in total. The molecule has 0 unspecified atom stereocenters. The third kappa shape index (κ3) is 4.15. The van der Waals surface area contributed by atoms with Crippen molar-refractivity contribution in [3.63, 3.8) is 0 Å². The van der Waals surface area contributed by atoms with E-state index in [1.54, 1.807) is 18.5 Å². The van der Waals surface area contributed by atoms with E-state index < -0.39 is 6.04 Å². The molecule has 4 rings (SSSR count). The van der Waals surface area contributed by atoms with Crippen molar-refractivity contribution in [2.24, 2.45) is 0 Å². The number of amides is 2. The monoisotopic (exact) mass is 373 g/mol. The summed E-state index contributed by atoms with van der Waals surface area (Å²) < 4.78 is 0. The fraction of sp³-hybridized carbons (Fsp3) is 0.143. The first kappa shape index (κ1) is 17.7. The molecule has 1 aliphatic rings. The van der Waals surface area contributed by atoms with Crippen molar-refractivity contribution in [3.05, 3.63) is 67.0 Å². The number of benzene rings is 1. The summed E-state index contributed by atoms with van der Waals surface area (Å²) in [6, 6.07) is 16.8. The number of aromatic nitrogens is 2. The molecule has 7 heteroatoms. The van der Waals surface area contributed by atoms with Crippen molar-refractivity contribution in [1.29, 1.82) is 0 Å². The van der Waals surface area contributed by atoms with E-state index in [2.05, 4.69) is 25.9 Å². The van der Waals surface area contributed by atoms with Crippen LogP contribution < -0.4 is 16.0 Å². The van der Waals surface area contributed by atoms with Crippen LogP contribution in [0, 0.1) is 0 Å². The number of carbonyl (C=O) groups is 2. The predicted molar refractivity (Wildman–Crippen MR) is 107 cm³/mol. The smallest absolute Gasteiger partial charge is 0.248 e. The highest BCUT2D eigenvalue weighted by molar-refractivity contribution is 5.98. The van der Waals surface area contributed by atoms with E-state index in [0.29, 0.717) is 18.7 Å². The van der Waals surface area contributed by atoms with Crippen LogP contribution in [0.5, 0.6) is 0 Å². The molecule has 3 aromatic rings. The van der Waals surface area contributed by atoms with Gasteiger partial charge in [0.25, 0.3) is 0 Å². The molecule has 2 amide bonds. The fourth-order valence-electron chi connectivity index (χ4n) is 3.05. The molecule has 0 radical (unpaired) electrons. The van der Waals surface area contributed by atoms with Gasteiger partial charge in [0, 0.05) is 24.5 Å². The van der Waals surface area contributed by atoms with Crippen LogP contribution in [-0.4, -0.2) is 27.8 Å². The highest BCUT2D eigenvalue weighted by Gasteiger charge is 2.27. The normalized spacial score (nSPS) is 15.7. The first-order chi connectivity index (χ1) is 13.7. The van der Waals surface area contributed by atoms with Gasteiger partial charge in [0.15, 0.2) is 0 Å². The lowest BCUT2D eigenvalue weighted by Crippen LogP contribution is -2.37. The molecule has 3 heterocycles. The van der Waals surface area contributed by atoms with Crippen LogP contribution in [-0.2, 0) is 9.59 Å². The molecule has 7 nitrogen and oxygen atoms in total. The Kier molecular flexibility index (Phi) is 4.97. The number of nitrogens with one attached hydrogen (secondary N) is 3. The largest absolute Gasteiger partial charge is 0.344 e. The van der Waals surface area contributed by atoms with Crippen LogP contribution >= 0.6 is 0 Å². The summed E-state index contributed by atoms with van der Waals surface area (Å²) in [6.07, 6.45) is 4.25. The van der Waals surface area contributed by atoms with E-state index >= 15 is 0 Å². The Labute approximate surface area is 162 Å². The molecule has 0 spiro atoms. The van der Waals surface area contributed by atoms with Gasteiger partial charge in [-0.3, -0.25) is 9.59 Å². The first-order valence-electron chi connectivity index (χ1n) is 9.02. The molecule has 140 valence electrons. The maximum atomic E-state index is 12.3. The molecule has 0 saturated carbocycles. The lowest BCUT2D eigenvalue weighted by molar-refractivity contribution is -0.122. The van der Waals surface area contributed by atoms with Gasteiger partial charge < -0.3 is 16.0 Å². The van der Waals surface area contributed by atoms with Gasteiger partial charge in [-0.2, -0.15) is 0 Å². The topological polar surface area (TPSA) is 96.0 Å². The minimum atomic E-state index is -0.499. The second kappa shape index (κ2) is 7.87. The van der Waals surface area contributed by atoms with Crippen LogP contribution in [0.4, 0.5) is 17.3 Å². The van der Waals surface area contributed by atoms with E-state index in [0.717, 1.165) is 22.6 Å². The van der Waals surface area contributed by atoms with E-state index in [-0.39, 0.29) is 11.8 Å². The highest BCUT2D eigenvalue weighted by Crippen LogP contribution is 2.24. The third-order valence-corrected chi connectivity index (χ3v) is 4.46. The Hall–Kier alpha value is -3.74. The molecule has 28 heavy (non-hydrogen) atoms. The van der Waals surface area contributed by atoms with Gasteiger partial charge >= 0.3 is 0 Å². The Bertz CT molecular complexity index is 1010. The zero-order valence-electron chi connectivity index (χ0n) is 15.1. The van der Waals surface area contributed by atoms with E-state index in [1.807, 2.05) is 48.5 Å². The van der Waals surface area contributed by atoms with Crippen molar-refractivity contribution < 1.29 is 9.59 Å². The maximum Gasteiger partial charge on any atom is 0.248 e. The zero-order chi connectivity index (χ0) is 19.3. The average molecular weight is 373 g/mol. The van der Waals surface area contributed by atoms with Gasteiger partial charge in [-0.05, 0) is 53.9 Å². The molecule has 1 aliphatic heterocycles. The van der Waals surface area contributed by atoms with Gasteiger partial charge in [-0.1, -0.05) is 18.2 Å². The van der Waals surface area contributed by atoms with E-state index in [4.69, 9.17) is 0 Å². The second-order valence-corrected chi connectivity index (χ2v) is 6.50. The van der Waals surface area contributed by atoms with Crippen molar-refractivity contribution in [2.45, 2.75) is 18.9 Å². The van der Waals surface area contributed by atoms with Gasteiger partial charge in [0.05, 0.1) is 0 Å². The summed E-state index contributed by atoms with van der Waals surface area (Å²) in [7, 11) is 0. The van der Waals surface area contributed by atoms with E-state index in [9.17, 15) is 9.59 Å². The molecular formula is C21H19N5O2. The Morgan fingerprint density at radius 3 is 2.32 bits per heavy atom. The van der Waals surface area contributed by atoms with Crippen molar-refractivity contribution in [3.8, 4) is 11.1 Å². The van der Waals surface area contributed by atoms with Crippen LogP contribution in [0.15, 0.2) is 67.0 Å². The zero-order valence-corrected chi connectivity index (χ0v) is 15.1. The fourth-order valence-corrected chi connectivity index (χ4v) is 3.05. The molecule has 2 aromatic heterocycles. The number of para-hydroxylation sites is 1. The standard InChI is InChI=1S/C21H19N5O2/c27-20-7-6-17(25-20)21(28)26-19-13-15(9-11-23-19)14-8-10-22-18(12-14)24-16-4-2-1-3-5-16/h1-5,8-13,17H,6-7H2,(H,22,24)(H,25,27)(H,23,26,28)/t17-/m0/s1. The van der Waals surface area contributed by atoms with Gasteiger partial charge in [0.1, 0.15) is 17.7 Å². The van der Waals surface area contributed by atoms with Crippen molar-refractivity contribution in [2.75, 3.05) is 10.6 Å². The Morgan fingerprint density at radius 1 is 0.964 bits per heavy atom. The number of nitrogens with zero attached hydrogens (tertiary/aromatic N) is 2. The SMILES string of the molecule is O=C1CC[C@@H](C(=O)Nc2cc(-c3ccnc(Nc4ccccc4)c3)ccn2)N1. The number of hydrogen-bond acceptors (Lipinski definition) is 5. The van der Waals surface area contributed by atoms with Gasteiger partial charge in [0.2, 0.25) is 11.8 Å². The number of carbonyl (C=O) groups excluding carboxylic acids is 2. The summed E-state index contributed by atoms with van der Waals surface area (Å²) in [6.45, 7) is 0. The van der Waals surface area contributed by atoms with Gasteiger partial charge in [-0.15, -0.1) is 0 Å². The number of pyridine rings is 2. The number of rotatable bonds is 5. The Morgan fingerprint density at radius 2 is 1.64 bits per heavy atom. The summed E-state index contributed by atoms with van der Waals surface area (Å²) >= 11 is 0. The van der Waals surface area contributed by atoms with Crippen LogP contribution in [0.25, 0.3) is 11.1 Å². The van der Waals surface area contributed by atoms with Gasteiger partial charge in [-0.25, -0.2) is 9.97 Å². The minimum Gasteiger partial charge on any atom is -0.344 e. The van der Waals surface area contributed by atoms with Crippen LogP contribution in [0.3, 0.4) is 0 Å². The van der Waals surface area contributed by atoms with Crippen molar-refractivity contribution in [1.82, 2.24) is 15.3 Å².